The molecule has 0 unspecified atom stereocenters. The highest BCUT2D eigenvalue weighted by molar-refractivity contribution is 5.50. The number of hydrogen-bond donors (Lipinski definition) is 0. The van der Waals surface area contributed by atoms with E-state index in [-0.39, 0.29) is 12.1 Å². The number of alkyl halides is 3. The molecule has 8 heteroatoms. The fourth-order valence-corrected chi connectivity index (χ4v) is 3.96. The van der Waals surface area contributed by atoms with Crippen molar-refractivity contribution < 1.29 is 13.2 Å². The van der Waals surface area contributed by atoms with Gasteiger partial charge in [0.25, 0.3) is 0 Å². The van der Waals surface area contributed by atoms with Gasteiger partial charge in [0, 0.05) is 50.2 Å². The van der Waals surface area contributed by atoms with E-state index in [4.69, 9.17) is 0 Å². The zero-order valence-corrected chi connectivity index (χ0v) is 15.0. The Morgan fingerprint density at radius 1 is 0.963 bits per heavy atom. The largest absolute Gasteiger partial charge is 0.433 e. The van der Waals surface area contributed by atoms with Crippen molar-refractivity contribution in [1.82, 2.24) is 19.9 Å². The SMILES string of the molecule is FC(F)(F)c1ncccc1CN1CCN(c2ncnc3c2CCCC3)CC1. The lowest BCUT2D eigenvalue weighted by Crippen LogP contribution is -2.47. The van der Waals surface area contributed by atoms with Crippen molar-refractivity contribution in [1.29, 1.82) is 0 Å². The summed E-state index contributed by atoms with van der Waals surface area (Å²) in [5.41, 5.74) is 1.86. The highest BCUT2D eigenvalue weighted by Crippen LogP contribution is 2.31. The Bertz CT molecular complexity index is 800. The van der Waals surface area contributed by atoms with Gasteiger partial charge < -0.3 is 4.90 Å². The Labute approximate surface area is 156 Å². The van der Waals surface area contributed by atoms with Crippen LogP contribution in [0.1, 0.15) is 35.4 Å². The average molecular weight is 377 g/mol. The summed E-state index contributed by atoms with van der Waals surface area (Å²) < 4.78 is 39.4. The number of anilines is 1. The third-order valence-electron chi connectivity index (χ3n) is 5.33. The van der Waals surface area contributed by atoms with Gasteiger partial charge in [0.2, 0.25) is 0 Å². The maximum absolute atomic E-state index is 13.1. The van der Waals surface area contributed by atoms with Gasteiger partial charge >= 0.3 is 6.18 Å². The normalized spacial score (nSPS) is 18.4. The summed E-state index contributed by atoms with van der Waals surface area (Å²) in [7, 11) is 0. The van der Waals surface area contributed by atoms with Crippen LogP contribution in [-0.4, -0.2) is 46.0 Å². The van der Waals surface area contributed by atoms with Gasteiger partial charge in [0.05, 0.1) is 0 Å². The first-order valence-corrected chi connectivity index (χ1v) is 9.33. The van der Waals surface area contributed by atoms with Crippen molar-refractivity contribution in [3.8, 4) is 0 Å². The summed E-state index contributed by atoms with van der Waals surface area (Å²) >= 11 is 0. The molecular formula is C19H22F3N5. The Hall–Kier alpha value is -2.22. The van der Waals surface area contributed by atoms with Gasteiger partial charge in [-0.2, -0.15) is 13.2 Å². The Balaban J connectivity index is 1.44. The van der Waals surface area contributed by atoms with Crippen molar-refractivity contribution in [2.75, 3.05) is 31.1 Å². The molecule has 0 spiro atoms. The minimum atomic E-state index is -4.42. The highest BCUT2D eigenvalue weighted by atomic mass is 19.4. The van der Waals surface area contributed by atoms with E-state index in [1.807, 2.05) is 0 Å². The molecular weight excluding hydrogens is 355 g/mol. The molecule has 4 rings (SSSR count). The van der Waals surface area contributed by atoms with Crippen LogP contribution in [0.15, 0.2) is 24.7 Å². The summed E-state index contributed by atoms with van der Waals surface area (Å²) in [4.78, 5) is 16.8. The third-order valence-corrected chi connectivity index (χ3v) is 5.33. The van der Waals surface area contributed by atoms with Crippen molar-refractivity contribution in [2.24, 2.45) is 0 Å². The molecule has 0 saturated carbocycles. The van der Waals surface area contributed by atoms with Gasteiger partial charge in [-0.25, -0.2) is 9.97 Å². The van der Waals surface area contributed by atoms with Crippen LogP contribution in [0, 0.1) is 0 Å². The molecule has 0 atom stereocenters. The van der Waals surface area contributed by atoms with Crippen LogP contribution in [0.5, 0.6) is 0 Å². The summed E-state index contributed by atoms with van der Waals surface area (Å²) in [6.07, 6.45) is 2.76. The number of piperazine rings is 1. The molecule has 144 valence electrons. The quantitative estimate of drug-likeness (QED) is 0.823. The summed E-state index contributed by atoms with van der Waals surface area (Å²) in [6.45, 7) is 3.17. The minimum absolute atomic E-state index is 0.234. The predicted octanol–water partition coefficient (Wildman–Crippen LogP) is 3.09. The maximum Gasteiger partial charge on any atom is 0.433 e. The number of rotatable bonds is 3. The molecule has 5 nitrogen and oxygen atoms in total. The second kappa shape index (κ2) is 7.42. The van der Waals surface area contributed by atoms with E-state index in [1.54, 1.807) is 12.4 Å². The summed E-state index contributed by atoms with van der Waals surface area (Å²) in [5, 5.41) is 0. The number of nitrogens with zero attached hydrogens (tertiary/aromatic N) is 5. The summed E-state index contributed by atoms with van der Waals surface area (Å²) in [5.74, 6) is 1.01. The molecule has 1 saturated heterocycles. The molecule has 2 aliphatic rings. The van der Waals surface area contributed by atoms with E-state index in [2.05, 4.69) is 24.8 Å². The lowest BCUT2D eigenvalue weighted by molar-refractivity contribution is -0.142. The van der Waals surface area contributed by atoms with E-state index in [1.165, 1.54) is 24.2 Å². The average Bonchev–Trinajstić information content (AvgIpc) is 2.68. The molecule has 1 aliphatic carbocycles. The van der Waals surface area contributed by atoms with Crippen molar-refractivity contribution in [3.63, 3.8) is 0 Å². The summed E-state index contributed by atoms with van der Waals surface area (Å²) in [6, 6.07) is 3.08. The number of aryl methyl sites for hydroxylation is 1. The van der Waals surface area contributed by atoms with Gasteiger partial charge in [-0.3, -0.25) is 9.88 Å². The molecule has 1 fully saturated rings. The Morgan fingerprint density at radius 2 is 1.74 bits per heavy atom. The number of halogens is 3. The molecule has 2 aromatic heterocycles. The van der Waals surface area contributed by atoms with Crippen molar-refractivity contribution in [2.45, 2.75) is 38.4 Å². The molecule has 0 N–H and O–H groups in total. The highest BCUT2D eigenvalue weighted by Gasteiger charge is 2.35. The van der Waals surface area contributed by atoms with Gasteiger partial charge in [-0.1, -0.05) is 6.07 Å². The van der Waals surface area contributed by atoms with Gasteiger partial charge in [-0.05, 0) is 37.3 Å². The van der Waals surface area contributed by atoms with Crippen LogP contribution in [-0.2, 0) is 25.6 Å². The first-order chi connectivity index (χ1) is 13.0. The molecule has 2 aromatic rings. The fraction of sp³-hybridized carbons (Fsp3) is 0.526. The zero-order chi connectivity index (χ0) is 18.9. The smallest absolute Gasteiger partial charge is 0.354 e. The van der Waals surface area contributed by atoms with Gasteiger partial charge in [0.1, 0.15) is 17.8 Å². The monoisotopic (exact) mass is 377 g/mol. The second-order valence-corrected chi connectivity index (χ2v) is 7.10. The van der Waals surface area contributed by atoms with Crippen molar-refractivity contribution >= 4 is 5.82 Å². The van der Waals surface area contributed by atoms with Crippen LogP contribution in [0.3, 0.4) is 0 Å². The minimum Gasteiger partial charge on any atom is -0.354 e. The van der Waals surface area contributed by atoms with E-state index in [0.717, 1.165) is 43.9 Å². The van der Waals surface area contributed by atoms with Crippen LogP contribution < -0.4 is 4.90 Å². The molecule has 1 aliphatic heterocycles. The maximum atomic E-state index is 13.1. The fourth-order valence-electron chi connectivity index (χ4n) is 3.96. The zero-order valence-electron chi connectivity index (χ0n) is 15.0. The lowest BCUT2D eigenvalue weighted by atomic mass is 9.96. The number of hydrogen-bond acceptors (Lipinski definition) is 5. The van der Waals surface area contributed by atoms with Crippen LogP contribution in [0.4, 0.5) is 19.0 Å². The molecule has 0 bridgehead atoms. The Morgan fingerprint density at radius 3 is 2.52 bits per heavy atom. The molecule has 27 heavy (non-hydrogen) atoms. The standard InChI is InChI=1S/C19H22F3N5/c20-19(21,22)17-14(4-3-7-23-17)12-26-8-10-27(11-9-26)18-15-5-1-2-6-16(15)24-13-25-18/h3-4,7,13H,1-2,5-6,8-12H2. The molecule has 0 amide bonds. The van der Waals surface area contributed by atoms with E-state index >= 15 is 0 Å². The van der Waals surface area contributed by atoms with Crippen LogP contribution >= 0.6 is 0 Å². The van der Waals surface area contributed by atoms with Crippen LogP contribution in [0.25, 0.3) is 0 Å². The van der Waals surface area contributed by atoms with Gasteiger partial charge in [0.15, 0.2) is 0 Å². The molecule has 0 radical (unpaired) electrons. The van der Waals surface area contributed by atoms with Gasteiger partial charge in [-0.15, -0.1) is 0 Å². The van der Waals surface area contributed by atoms with E-state index < -0.39 is 11.9 Å². The predicted molar refractivity (Wildman–Crippen MR) is 95.4 cm³/mol. The first-order valence-electron chi connectivity index (χ1n) is 9.33. The molecule has 3 heterocycles. The number of aromatic nitrogens is 3. The Kier molecular flexibility index (Phi) is 4.99. The number of pyridine rings is 1. The molecule has 0 aromatic carbocycles. The second-order valence-electron chi connectivity index (χ2n) is 7.10. The lowest BCUT2D eigenvalue weighted by Gasteiger charge is -2.37. The first kappa shape index (κ1) is 18.2. The van der Waals surface area contributed by atoms with E-state index in [9.17, 15) is 13.2 Å². The van der Waals surface area contributed by atoms with Crippen LogP contribution in [0.2, 0.25) is 0 Å². The van der Waals surface area contributed by atoms with E-state index in [0.29, 0.717) is 13.1 Å². The third kappa shape index (κ3) is 3.90. The number of fused-ring (bicyclic) bond motifs is 1. The topological polar surface area (TPSA) is 45.2 Å². The van der Waals surface area contributed by atoms with Crippen molar-refractivity contribution in [3.05, 3.63) is 47.2 Å².